The van der Waals surface area contributed by atoms with Crippen LogP contribution in [0, 0.1) is 12.3 Å². The molecule has 1 unspecified atom stereocenters. The Morgan fingerprint density at radius 2 is 2.50 bits per heavy atom. The summed E-state index contributed by atoms with van der Waals surface area (Å²) in [6.45, 7) is 2.84. The third kappa shape index (κ3) is 2.86. The Balaban J connectivity index is 2.40. The standard InChI is InChI=1S/C10H16N4/c1-4-6-9(5-2)11-7-10-12-8-13-14(10)3/h1,8-9,11H,5-7H2,2-3H3. The SMILES string of the molecule is C#CCC(CC)NCc1ncnn1C. The predicted octanol–water partition coefficient (Wildman–Crippen LogP) is 0.707. The molecule has 0 aromatic carbocycles. The number of nitrogens with zero attached hydrogens (tertiary/aromatic N) is 3. The van der Waals surface area contributed by atoms with E-state index < -0.39 is 0 Å². The van der Waals surface area contributed by atoms with Gasteiger partial charge in [0.2, 0.25) is 0 Å². The maximum atomic E-state index is 5.26. The maximum Gasteiger partial charge on any atom is 0.140 e. The Bertz CT molecular complexity index is 310. The van der Waals surface area contributed by atoms with Crippen molar-refractivity contribution in [3.8, 4) is 12.3 Å². The van der Waals surface area contributed by atoms with E-state index in [1.807, 2.05) is 7.05 Å². The van der Waals surface area contributed by atoms with E-state index in [4.69, 9.17) is 6.42 Å². The molecule has 4 nitrogen and oxygen atoms in total. The number of hydrogen-bond donors (Lipinski definition) is 1. The third-order valence-corrected chi connectivity index (χ3v) is 2.21. The van der Waals surface area contributed by atoms with Gasteiger partial charge in [0.25, 0.3) is 0 Å². The fourth-order valence-corrected chi connectivity index (χ4v) is 1.22. The highest BCUT2D eigenvalue weighted by atomic mass is 15.3. The first-order valence-corrected chi connectivity index (χ1v) is 4.77. The van der Waals surface area contributed by atoms with Crippen molar-refractivity contribution < 1.29 is 0 Å². The Hall–Kier alpha value is -1.34. The molecule has 1 rings (SSSR count). The second-order valence-electron chi connectivity index (χ2n) is 3.19. The lowest BCUT2D eigenvalue weighted by molar-refractivity contribution is 0.487. The van der Waals surface area contributed by atoms with Gasteiger partial charge < -0.3 is 5.32 Å². The minimum atomic E-state index is 0.372. The van der Waals surface area contributed by atoms with Crippen molar-refractivity contribution in [2.24, 2.45) is 7.05 Å². The summed E-state index contributed by atoms with van der Waals surface area (Å²) in [6, 6.07) is 0.372. The first kappa shape index (κ1) is 10.7. The summed E-state index contributed by atoms with van der Waals surface area (Å²) < 4.78 is 1.76. The van der Waals surface area contributed by atoms with Crippen LogP contribution in [0.2, 0.25) is 0 Å². The summed E-state index contributed by atoms with van der Waals surface area (Å²) in [4.78, 5) is 4.12. The van der Waals surface area contributed by atoms with Gasteiger partial charge in [0, 0.05) is 19.5 Å². The van der Waals surface area contributed by atoms with Gasteiger partial charge >= 0.3 is 0 Å². The molecule has 4 heteroatoms. The van der Waals surface area contributed by atoms with E-state index in [1.165, 1.54) is 0 Å². The van der Waals surface area contributed by atoms with E-state index in [1.54, 1.807) is 11.0 Å². The predicted molar refractivity (Wildman–Crippen MR) is 55.4 cm³/mol. The van der Waals surface area contributed by atoms with Crippen LogP contribution in [0.1, 0.15) is 25.6 Å². The average Bonchev–Trinajstić information content (AvgIpc) is 2.59. The first-order chi connectivity index (χ1) is 6.77. The summed E-state index contributed by atoms with van der Waals surface area (Å²) in [6.07, 6.45) is 8.60. The molecule has 0 saturated carbocycles. The number of aromatic nitrogens is 3. The summed E-state index contributed by atoms with van der Waals surface area (Å²) in [5, 5.41) is 7.34. The maximum absolute atomic E-state index is 5.26. The molecule has 76 valence electrons. The van der Waals surface area contributed by atoms with Crippen LogP contribution in [0.15, 0.2) is 6.33 Å². The summed E-state index contributed by atoms with van der Waals surface area (Å²) in [5.74, 6) is 3.59. The van der Waals surface area contributed by atoms with Gasteiger partial charge in [-0.05, 0) is 6.42 Å². The molecular weight excluding hydrogens is 176 g/mol. The third-order valence-electron chi connectivity index (χ3n) is 2.21. The monoisotopic (exact) mass is 192 g/mol. The molecule has 0 aliphatic heterocycles. The molecule has 0 amide bonds. The van der Waals surface area contributed by atoms with Crippen molar-refractivity contribution in [3.05, 3.63) is 12.2 Å². The van der Waals surface area contributed by atoms with Crippen molar-refractivity contribution in [3.63, 3.8) is 0 Å². The molecule has 0 aliphatic rings. The topological polar surface area (TPSA) is 42.7 Å². The molecule has 0 spiro atoms. The fourth-order valence-electron chi connectivity index (χ4n) is 1.22. The lowest BCUT2D eigenvalue weighted by Crippen LogP contribution is -2.28. The van der Waals surface area contributed by atoms with Gasteiger partial charge in [-0.25, -0.2) is 4.98 Å². The van der Waals surface area contributed by atoms with E-state index in [2.05, 4.69) is 28.2 Å². The lowest BCUT2D eigenvalue weighted by atomic mass is 10.1. The van der Waals surface area contributed by atoms with Crippen molar-refractivity contribution >= 4 is 0 Å². The highest BCUT2D eigenvalue weighted by molar-refractivity contribution is 4.91. The smallest absolute Gasteiger partial charge is 0.140 e. The van der Waals surface area contributed by atoms with Crippen LogP contribution < -0.4 is 5.32 Å². The molecule has 1 aromatic heterocycles. The number of aryl methyl sites for hydroxylation is 1. The van der Waals surface area contributed by atoms with Gasteiger partial charge in [0.15, 0.2) is 0 Å². The highest BCUT2D eigenvalue weighted by Crippen LogP contribution is 1.98. The molecule has 0 fully saturated rings. The molecule has 14 heavy (non-hydrogen) atoms. The second kappa shape index (κ2) is 5.40. The van der Waals surface area contributed by atoms with Crippen molar-refractivity contribution in [1.29, 1.82) is 0 Å². The summed E-state index contributed by atoms with van der Waals surface area (Å²) in [7, 11) is 1.88. The average molecular weight is 192 g/mol. The van der Waals surface area contributed by atoms with Gasteiger partial charge in [-0.2, -0.15) is 5.10 Å². The number of nitrogens with one attached hydrogen (secondary N) is 1. The minimum Gasteiger partial charge on any atom is -0.306 e. The minimum absolute atomic E-state index is 0.372. The van der Waals surface area contributed by atoms with Crippen LogP contribution in [0.5, 0.6) is 0 Å². The molecule has 1 atom stereocenters. The molecular formula is C10H16N4. The zero-order valence-corrected chi connectivity index (χ0v) is 8.70. The quantitative estimate of drug-likeness (QED) is 0.699. The molecule has 1 N–H and O–H groups in total. The van der Waals surface area contributed by atoms with Gasteiger partial charge in [-0.1, -0.05) is 6.92 Å². The van der Waals surface area contributed by atoms with Crippen LogP contribution in [0.3, 0.4) is 0 Å². The van der Waals surface area contributed by atoms with Crippen molar-refractivity contribution in [1.82, 2.24) is 20.1 Å². The van der Waals surface area contributed by atoms with E-state index in [-0.39, 0.29) is 0 Å². The lowest BCUT2D eigenvalue weighted by Gasteiger charge is -2.13. The van der Waals surface area contributed by atoms with Crippen LogP contribution in [0.25, 0.3) is 0 Å². The largest absolute Gasteiger partial charge is 0.306 e. The van der Waals surface area contributed by atoms with E-state index >= 15 is 0 Å². The van der Waals surface area contributed by atoms with E-state index in [9.17, 15) is 0 Å². The molecule has 0 saturated heterocycles. The normalized spacial score (nSPS) is 12.4. The van der Waals surface area contributed by atoms with Crippen molar-refractivity contribution in [2.45, 2.75) is 32.4 Å². The summed E-state index contributed by atoms with van der Waals surface area (Å²) in [5.41, 5.74) is 0. The number of hydrogen-bond acceptors (Lipinski definition) is 3. The second-order valence-corrected chi connectivity index (χ2v) is 3.19. The zero-order chi connectivity index (χ0) is 10.4. The Morgan fingerprint density at radius 3 is 3.00 bits per heavy atom. The molecule has 0 aliphatic carbocycles. The number of rotatable bonds is 5. The van der Waals surface area contributed by atoms with Crippen LogP contribution in [-0.2, 0) is 13.6 Å². The molecule has 1 aromatic rings. The van der Waals surface area contributed by atoms with Crippen LogP contribution >= 0.6 is 0 Å². The molecule has 0 radical (unpaired) electrons. The van der Waals surface area contributed by atoms with Gasteiger partial charge in [0.1, 0.15) is 12.2 Å². The Kier molecular flexibility index (Phi) is 4.14. The zero-order valence-electron chi connectivity index (χ0n) is 8.70. The Labute approximate surface area is 84.7 Å². The van der Waals surface area contributed by atoms with Gasteiger partial charge in [-0.3, -0.25) is 4.68 Å². The fraction of sp³-hybridized carbons (Fsp3) is 0.600. The van der Waals surface area contributed by atoms with Gasteiger partial charge in [0.05, 0.1) is 6.54 Å². The molecule has 1 heterocycles. The van der Waals surface area contributed by atoms with E-state index in [0.717, 1.165) is 25.2 Å². The number of terminal acetylenes is 1. The summed E-state index contributed by atoms with van der Waals surface area (Å²) >= 11 is 0. The Morgan fingerprint density at radius 1 is 1.71 bits per heavy atom. The van der Waals surface area contributed by atoms with Crippen LogP contribution in [0.4, 0.5) is 0 Å². The highest BCUT2D eigenvalue weighted by Gasteiger charge is 2.05. The first-order valence-electron chi connectivity index (χ1n) is 4.77. The molecule has 0 bridgehead atoms. The van der Waals surface area contributed by atoms with Crippen molar-refractivity contribution in [2.75, 3.05) is 0 Å². The van der Waals surface area contributed by atoms with E-state index in [0.29, 0.717) is 6.04 Å². The van der Waals surface area contributed by atoms with Gasteiger partial charge in [-0.15, -0.1) is 12.3 Å². The van der Waals surface area contributed by atoms with Crippen LogP contribution in [-0.4, -0.2) is 20.8 Å².